The van der Waals surface area contributed by atoms with Crippen LogP contribution in [0.15, 0.2) is 11.5 Å². The number of hydrogen-bond donors (Lipinski definition) is 0. The van der Waals surface area contributed by atoms with Gasteiger partial charge in [0.1, 0.15) is 0 Å². The first-order valence-electron chi connectivity index (χ1n) is 7.00. The monoisotopic (exact) mass is 270 g/mol. The van der Waals surface area contributed by atoms with Gasteiger partial charge in [-0.05, 0) is 25.8 Å². The van der Waals surface area contributed by atoms with Crippen LogP contribution < -0.4 is 0 Å². The first kappa shape index (κ1) is 12.6. The second-order valence-electron chi connectivity index (χ2n) is 5.78. The Kier molecular flexibility index (Phi) is 3.24. The Morgan fingerprint density at radius 1 is 1.33 bits per heavy atom. The average molecular weight is 270 g/mol. The number of piperazine rings is 1. The van der Waals surface area contributed by atoms with E-state index in [-0.39, 0.29) is 11.8 Å². The maximum absolute atomic E-state index is 11.6. The summed E-state index contributed by atoms with van der Waals surface area (Å²) in [7, 11) is -2.93. The third kappa shape index (κ3) is 2.24. The molecule has 3 heterocycles. The van der Waals surface area contributed by atoms with Crippen molar-refractivity contribution in [3.05, 3.63) is 11.5 Å². The van der Waals surface area contributed by atoms with E-state index in [1.807, 2.05) is 6.08 Å². The number of sulfone groups is 1. The summed E-state index contributed by atoms with van der Waals surface area (Å²) < 4.78 is 23.2. The van der Waals surface area contributed by atoms with Gasteiger partial charge in [-0.3, -0.25) is 9.80 Å². The average Bonchev–Trinajstić information content (AvgIpc) is 2.92. The van der Waals surface area contributed by atoms with Crippen molar-refractivity contribution in [2.45, 2.75) is 44.3 Å². The van der Waals surface area contributed by atoms with Gasteiger partial charge in [-0.15, -0.1) is 0 Å². The fourth-order valence-corrected chi connectivity index (χ4v) is 4.96. The van der Waals surface area contributed by atoms with Gasteiger partial charge in [-0.2, -0.15) is 0 Å². The first-order valence-corrected chi connectivity index (χ1v) is 8.71. The summed E-state index contributed by atoms with van der Waals surface area (Å²) in [5, 5.41) is 1.41. The van der Waals surface area contributed by atoms with Crippen LogP contribution in [0.2, 0.25) is 0 Å². The maximum atomic E-state index is 11.6. The van der Waals surface area contributed by atoms with Crippen molar-refractivity contribution in [2.75, 3.05) is 25.4 Å². The van der Waals surface area contributed by atoms with Gasteiger partial charge in [0.25, 0.3) is 0 Å². The summed E-state index contributed by atoms with van der Waals surface area (Å²) in [6, 6.07) is 1.29. The molecule has 0 amide bonds. The van der Waals surface area contributed by atoms with E-state index in [0.717, 1.165) is 19.5 Å². The van der Waals surface area contributed by atoms with E-state index in [1.165, 1.54) is 24.8 Å². The van der Waals surface area contributed by atoms with Crippen LogP contribution in [0.4, 0.5) is 0 Å². The van der Waals surface area contributed by atoms with Crippen molar-refractivity contribution in [3.8, 4) is 0 Å². The highest BCUT2D eigenvalue weighted by atomic mass is 32.2. The molecule has 3 unspecified atom stereocenters. The number of nitrogens with zero attached hydrogens (tertiary/aromatic N) is 2. The number of hydrogen-bond acceptors (Lipinski definition) is 4. The molecule has 0 radical (unpaired) electrons. The van der Waals surface area contributed by atoms with Gasteiger partial charge in [0.05, 0.1) is 5.75 Å². The quantitative estimate of drug-likeness (QED) is 0.746. The van der Waals surface area contributed by atoms with Crippen LogP contribution in [-0.2, 0) is 9.84 Å². The first-order chi connectivity index (χ1) is 8.59. The van der Waals surface area contributed by atoms with E-state index in [2.05, 4.69) is 16.7 Å². The summed E-state index contributed by atoms with van der Waals surface area (Å²) >= 11 is 0. The predicted molar refractivity (Wildman–Crippen MR) is 72.1 cm³/mol. The van der Waals surface area contributed by atoms with Gasteiger partial charge in [0.2, 0.25) is 0 Å². The van der Waals surface area contributed by atoms with Crippen LogP contribution in [0.25, 0.3) is 0 Å². The highest BCUT2D eigenvalue weighted by Crippen LogP contribution is 2.29. The Balaban J connectivity index is 1.76. The number of rotatable bonds is 2. The summed E-state index contributed by atoms with van der Waals surface area (Å²) in [5.74, 6) is 0.288. The van der Waals surface area contributed by atoms with Crippen LogP contribution in [0.3, 0.4) is 0 Å². The standard InChI is InChI=1S/C13H22N2O2S/c1-2-11-8-14-6-3-4-12(14)9-15(11)13-5-7-18(16,17)10-13/h5,7,11-13H,2-4,6,8-10H2,1H3. The molecule has 0 aromatic rings. The van der Waals surface area contributed by atoms with E-state index in [9.17, 15) is 8.42 Å². The van der Waals surface area contributed by atoms with Crippen molar-refractivity contribution in [1.82, 2.24) is 9.80 Å². The molecule has 102 valence electrons. The largest absolute Gasteiger partial charge is 0.298 e. The van der Waals surface area contributed by atoms with Crippen LogP contribution in [0.5, 0.6) is 0 Å². The molecule has 18 heavy (non-hydrogen) atoms. The normalized spacial score (nSPS) is 40.2. The molecule has 0 saturated carbocycles. The Hall–Kier alpha value is -0.390. The summed E-state index contributed by atoms with van der Waals surface area (Å²) in [6.07, 6.45) is 5.57. The molecular weight excluding hydrogens is 248 g/mol. The topological polar surface area (TPSA) is 40.6 Å². The van der Waals surface area contributed by atoms with E-state index in [1.54, 1.807) is 0 Å². The van der Waals surface area contributed by atoms with E-state index in [0.29, 0.717) is 12.1 Å². The molecule has 3 atom stereocenters. The maximum Gasteiger partial charge on any atom is 0.173 e. The zero-order valence-corrected chi connectivity index (χ0v) is 11.8. The molecule has 0 bridgehead atoms. The van der Waals surface area contributed by atoms with Gasteiger partial charge in [-0.1, -0.05) is 13.0 Å². The van der Waals surface area contributed by atoms with Crippen molar-refractivity contribution in [1.29, 1.82) is 0 Å². The fraction of sp³-hybridized carbons (Fsp3) is 0.846. The molecule has 2 fully saturated rings. The highest BCUT2D eigenvalue weighted by Gasteiger charge is 2.39. The van der Waals surface area contributed by atoms with Gasteiger partial charge in [-0.25, -0.2) is 8.42 Å². The lowest BCUT2D eigenvalue weighted by Gasteiger charge is -2.45. The van der Waals surface area contributed by atoms with Crippen LogP contribution in [0.1, 0.15) is 26.2 Å². The molecule has 0 aromatic carbocycles. The minimum Gasteiger partial charge on any atom is -0.298 e. The number of fused-ring (bicyclic) bond motifs is 1. The molecular formula is C13H22N2O2S. The highest BCUT2D eigenvalue weighted by molar-refractivity contribution is 7.94. The molecule has 2 saturated heterocycles. The molecule has 3 aliphatic heterocycles. The third-order valence-electron chi connectivity index (χ3n) is 4.64. The molecule has 0 aliphatic carbocycles. The second-order valence-corrected chi connectivity index (χ2v) is 7.71. The Bertz CT molecular complexity index is 446. The van der Waals surface area contributed by atoms with Crippen molar-refractivity contribution in [2.24, 2.45) is 0 Å². The fourth-order valence-electron chi connectivity index (χ4n) is 3.65. The second kappa shape index (κ2) is 4.62. The summed E-state index contributed by atoms with van der Waals surface area (Å²) in [6.45, 7) is 5.60. The molecule has 3 rings (SSSR count). The Morgan fingerprint density at radius 3 is 2.83 bits per heavy atom. The Morgan fingerprint density at radius 2 is 2.17 bits per heavy atom. The lowest BCUT2D eigenvalue weighted by atomic mass is 10.0. The lowest BCUT2D eigenvalue weighted by Crippen LogP contribution is -2.59. The van der Waals surface area contributed by atoms with Crippen molar-refractivity contribution >= 4 is 9.84 Å². The third-order valence-corrected chi connectivity index (χ3v) is 6.02. The molecule has 4 nitrogen and oxygen atoms in total. The van der Waals surface area contributed by atoms with Crippen LogP contribution >= 0.6 is 0 Å². The van der Waals surface area contributed by atoms with Crippen LogP contribution in [0, 0.1) is 0 Å². The Labute approximate surface area is 110 Å². The molecule has 0 spiro atoms. The summed E-state index contributed by atoms with van der Waals surface area (Å²) in [5.41, 5.74) is 0. The molecule has 3 aliphatic rings. The molecule has 0 N–H and O–H groups in total. The SMILES string of the molecule is CCC1CN2CCCC2CN1C1C=CS(=O)(=O)C1. The molecule has 0 aromatic heterocycles. The smallest absolute Gasteiger partial charge is 0.173 e. The van der Waals surface area contributed by atoms with Crippen molar-refractivity contribution in [3.63, 3.8) is 0 Å². The predicted octanol–water partition coefficient (Wildman–Crippen LogP) is 0.856. The van der Waals surface area contributed by atoms with E-state index >= 15 is 0 Å². The molecule has 5 heteroatoms. The minimum absolute atomic E-state index is 0.114. The van der Waals surface area contributed by atoms with Gasteiger partial charge in [0.15, 0.2) is 9.84 Å². The zero-order chi connectivity index (χ0) is 12.8. The van der Waals surface area contributed by atoms with E-state index < -0.39 is 9.84 Å². The van der Waals surface area contributed by atoms with E-state index in [4.69, 9.17) is 0 Å². The zero-order valence-electron chi connectivity index (χ0n) is 11.0. The van der Waals surface area contributed by atoms with Crippen LogP contribution in [-0.4, -0.2) is 61.7 Å². The minimum atomic E-state index is -2.93. The van der Waals surface area contributed by atoms with Gasteiger partial charge in [0, 0.05) is 36.6 Å². The summed E-state index contributed by atoms with van der Waals surface area (Å²) in [4.78, 5) is 5.03. The lowest BCUT2D eigenvalue weighted by molar-refractivity contribution is 0.0368. The van der Waals surface area contributed by atoms with Crippen molar-refractivity contribution < 1.29 is 8.42 Å². The van der Waals surface area contributed by atoms with Gasteiger partial charge >= 0.3 is 0 Å². The van der Waals surface area contributed by atoms with Gasteiger partial charge < -0.3 is 0 Å².